The smallest absolute Gasteiger partial charge is 0.321 e. The lowest BCUT2D eigenvalue weighted by molar-refractivity contribution is 0.0933. The summed E-state index contributed by atoms with van der Waals surface area (Å²) in [6.07, 6.45) is 9.12. The number of amides is 3. The Morgan fingerprint density at radius 1 is 0.839 bits per heavy atom. The van der Waals surface area contributed by atoms with E-state index >= 15 is 0 Å². The van der Waals surface area contributed by atoms with Crippen LogP contribution in [0.1, 0.15) is 73.2 Å². The molecule has 5 nitrogen and oxygen atoms in total. The number of urea groups is 1. The van der Waals surface area contributed by atoms with Crippen LogP contribution in [0.25, 0.3) is 0 Å². The Morgan fingerprint density at radius 3 is 2.39 bits per heavy atom. The van der Waals surface area contributed by atoms with Gasteiger partial charge in [0.05, 0.1) is 0 Å². The standard InChI is InChI=1S/C26H33N3O2/c30-25(27-23-13-4-1-2-5-14-23)21-11-8-10-20(18-21)22-12-9-17-29(19-22)26(31)28-24-15-6-3-7-16-24/h3,6-8,10-11,15-16,18,22-23H,1-2,4-5,9,12-14,17,19H2,(H,27,30)(H,28,31)/t22-/m0/s1. The molecule has 0 unspecified atom stereocenters. The number of nitrogens with zero attached hydrogens (tertiary/aromatic N) is 1. The maximum Gasteiger partial charge on any atom is 0.321 e. The zero-order valence-corrected chi connectivity index (χ0v) is 18.2. The average molecular weight is 420 g/mol. The van der Waals surface area contributed by atoms with E-state index in [1.807, 2.05) is 53.4 Å². The van der Waals surface area contributed by atoms with E-state index in [0.717, 1.165) is 49.0 Å². The Balaban J connectivity index is 1.38. The molecule has 0 bridgehead atoms. The molecule has 1 saturated heterocycles. The Kier molecular flexibility index (Phi) is 7.23. The normalized spacial score (nSPS) is 20.0. The molecule has 5 heteroatoms. The van der Waals surface area contributed by atoms with Crippen LogP contribution in [0.4, 0.5) is 10.5 Å². The van der Waals surface area contributed by atoms with Crippen LogP contribution in [-0.4, -0.2) is 36.0 Å². The number of nitrogens with one attached hydrogen (secondary N) is 2. The maximum absolute atomic E-state index is 12.9. The van der Waals surface area contributed by atoms with Crippen LogP contribution in [0.3, 0.4) is 0 Å². The highest BCUT2D eigenvalue weighted by Crippen LogP contribution is 2.28. The van der Waals surface area contributed by atoms with Gasteiger partial charge in [-0.05, 0) is 55.5 Å². The maximum atomic E-state index is 12.9. The van der Waals surface area contributed by atoms with Crippen molar-refractivity contribution in [3.8, 4) is 0 Å². The van der Waals surface area contributed by atoms with Crippen LogP contribution in [-0.2, 0) is 0 Å². The van der Waals surface area contributed by atoms with Crippen molar-refractivity contribution in [3.05, 3.63) is 65.7 Å². The van der Waals surface area contributed by atoms with E-state index in [0.29, 0.717) is 12.6 Å². The number of hydrogen-bond acceptors (Lipinski definition) is 2. The molecule has 1 saturated carbocycles. The largest absolute Gasteiger partial charge is 0.349 e. The Hall–Kier alpha value is -2.82. The Bertz CT molecular complexity index is 875. The summed E-state index contributed by atoms with van der Waals surface area (Å²) in [7, 11) is 0. The first-order valence-electron chi connectivity index (χ1n) is 11.7. The second kappa shape index (κ2) is 10.5. The number of para-hydroxylation sites is 1. The number of carbonyl (C=O) groups is 2. The number of piperidine rings is 1. The van der Waals surface area contributed by atoms with Gasteiger partial charge in [0.25, 0.3) is 5.91 Å². The van der Waals surface area contributed by atoms with Gasteiger partial charge < -0.3 is 15.5 Å². The van der Waals surface area contributed by atoms with Crippen molar-refractivity contribution < 1.29 is 9.59 Å². The number of anilines is 1. The number of hydrogen-bond donors (Lipinski definition) is 2. The predicted octanol–water partition coefficient (Wildman–Crippen LogP) is 5.55. The van der Waals surface area contributed by atoms with Crippen LogP contribution in [0, 0.1) is 0 Å². The minimum Gasteiger partial charge on any atom is -0.349 e. The molecule has 2 aliphatic rings. The third-order valence-corrected chi connectivity index (χ3v) is 6.54. The molecule has 1 aliphatic carbocycles. The van der Waals surface area contributed by atoms with Crippen molar-refractivity contribution in [2.45, 2.75) is 63.3 Å². The van der Waals surface area contributed by atoms with Crippen molar-refractivity contribution in [1.82, 2.24) is 10.2 Å². The SMILES string of the molecule is O=C(NC1CCCCCC1)c1cccc([C@H]2CCCN(C(=O)Nc3ccccc3)C2)c1. The quantitative estimate of drug-likeness (QED) is 0.638. The van der Waals surface area contributed by atoms with Gasteiger partial charge in [-0.3, -0.25) is 4.79 Å². The van der Waals surface area contributed by atoms with Gasteiger partial charge in [-0.2, -0.15) is 0 Å². The lowest BCUT2D eigenvalue weighted by Gasteiger charge is -2.33. The molecule has 0 spiro atoms. The van der Waals surface area contributed by atoms with Gasteiger partial charge >= 0.3 is 6.03 Å². The van der Waals surface area contributed by atoms with E-state index in [-0.39, 0.29) is 17.9 Å². The van der Waals surface area contributed by atoms with Crippen molar-refractivity contribution in [3.63, 3.8) is 0 Å². The monoisotopic (exact) mass is 419 g/mol. The molecule has 0 radical (unpaired) electrons. The molecular weight excluding hydrogens is 386 g/mol. The van der Waals surface area contributed by atoms with Gasteiger partial charge in [0, 0.05) is 36.3 Å². The minimum atomic E-state index is -0.0573. The molecular formula is C26H33N3O2. The highest BCUT2D eigenvalue weighted by atomic mass is 16.2. The van der Waals surface area contributed by atoms with Gasteiger partial charge in [0.1, 0.15) is 0 Å². The van der Waals surface area contributed by atoms with Crippen LogP contribution < -0.4 is 10.6 Å². The number of carbonyl (C=O) groups excluding carboxylic acids is 2. The fourth-order valence-electron chi connectivity index (χ4n) is 4.78. The average Bonchev–Trinajstić information content (AvgIpc) is 3.08. The highest BCUT2D eigenvalue weighted by Gasteiger charge is 2.25. The summed E-state index contributed by atoms with van der Waals surface area (Å²) in [5.74, 6) is 0.282. The minimum absolute atomic E-state index is 0.0308. The van der Waals surface area contributed by atoms with Gasteiger partial charge in [-0.1, -0.05) is 56.0 Å². The van der Waals surface area contributed by atoms with Crippen molar-refractivity contribution >= 4 is 17.6 Å². The van der Waals surface area contributed by atoms with E-state index < -0.39 is 0 Å². The van der Waals surface area contributed by atoms with Gasteiger partial charge in [-0.25, -0.2) is 4.79 Å². The van der Waals surface area contributed by atoms with Crippen LogP contribution >= 0.6 is 0 Å². The van der Waals surface area contributed by atoms with Crippen LogP contribution in [0.2, 0.25) is 0 Å². The summed E-state index contributed by atoms with van der Waals surface area (Å²) in [5.41, 5.74) is 2.69. The van der Waals surface area contributed by atoms with E-state index in [1.54, 1.807) is 0 Å². The first kappa shape index (κ1) is 21.4. The second-order valence-electron chi connectivity index (χ2n) is 8.87. The molecule has 1 heterocycles. The molecule has 1 aliphatic heterocycles. The second-order valence-corrected chi connectivity index (χ2v) is 8.87. The fraction of sp³-hybridized carbons (Fsp3) is 0.462. The molecule has 164 valence electrons. The lowest BCUT2D eigenvalue weighted by atomic mass is 9.89. The van der Waals surface area contributed by atoms with Crippen LogP contribution in [0.5, 0.6) is 0 Å². The summed E-state index contributed by atoms with van der Waals surface area (Å²) >= 11 is 0. The molecule has 31 heavy (non-hydrogen) atoms. The third-order valence-electron chi connectivity index (χ3n) is 6.54. The molecule has 2 fully saturated rings. The van der Waals surface area contributed by atoms with E-state index in [9.17, 15) is 9.59 Å². The Morgan fingerprint density at radius 2 is 1.61 bits per heavy atom. The van der Waals surface area contributed by atoms with Crippen molar-refractivity contribution in [1.29, 1.82) is 0 Å². The van der Waals surface area contributed by atoms with Gasteiger partial charge in [0.15, 0.2) is 0 Å². The molecule has 1 atom stereocenters. The summed E-state index contributed by atoms with van der Waals surface area (Å²) in [5, 5.41) is 6.23. The van der Waals surface area contributed by atoms with E-state index in [1.165, 1.54) is 25.7 Å². The van der Waals surface area contributed by atoms with Gasteiger partial charge in [0.2, 0.25) is 0 Å². The Labute approximate surface area is 185 Å². The van der Waals surface area contributed by atoms with E-state index in [2.05, 4.69) is 16.7 Å². The number of likely N-dealkylation sites (tertiary alicyclic amines) is 1. The molecule has 3 amide bonds. The fourth-order valence-corrected chi connectivity index (χ4v) is 4.78. The molecule has 4 rings (SSSR count). The molecule has 2 N–H and O–H groups in total. The zero-order valence-electron chi connectivity index (χ0n) is 18.2. The summed E-state index contributed by atoms with van der Waals surface area (Å²) in [6, 6.07) is 17.8. The van der Waals surface area contributed by atoms with E-state index in [4.69, 9.17) is 0 Å². The molecule has 0 aromatic heterocycles. The molecule has 2 aromatic rings. The summed E-state index contributed by atoms with van der Waals surface area (Å²) in [4.78, 5) is 27.5. The first-order valence-corrected chi connectivity index (χ1v) is 11.7. The summed E-state index contributed by atoms with van der Waals surface area (Å²) in [6.45, 7) is 1.43. The third kappa shape index (κ3) is 5.87. The highest BCUT2D eigenvalue weighted by molar-refractivity contribution is 5.94. The predicted molar refractivity (Wildman–Crippen MR) is 124 cm³/mol. The lowest BCUT2D eigenvalue weighted by Crippen LogP contribution is -2.41. The topological polar surface area (TPSA) is 61.4 Å². The zero-order chi connectivity index (χ0) is 21.5. The number of rotatable bonds is 4. The van der Waals surface area contributed by atoms with Crippen LogP contribution in [0.15, 0.2) is 54.6 Å². The van der Waals surface area contributed by atoms with Crippen molar-refractivity contribution in [2.24, 2.45) is 0 Å². The van der Waals surface area contributed by atoms with Crippen molar-refractivity contribution in [2.75, 3.05) is 18.4 Å². The van der Waals surface area contributed by atoms with Gasteiger partial charge in [-0.15, -0.1) is 0 Å². The summed E-state index contributed by atoms with van der Waals surface area (Å²) < 4.78 is 0. The molecule has 2 aromatic carbocycles. The first-order chi connectivity index (χ1) is 15.2. The number of benzene rings is 2.